The molecule has 1 aromatic carbocycles. The van der Waals surface area contributed by atoms with Gasteiger partial charge in [0, 0.05) is 26.2 Å². The number of morpholine rings is 1. The molecule has 0 spiro atoms. The summed E-state index contributed by atoms with van der Waals surface area (Å²) in [5, 5.41) is 3.19. The molecular weight excluding hydrogens is 302 g/mol. The summed E-state index contributed by atoms with van der Waals surface area (Å²) in [5.41, 5.74) is 7.03. The molecule has 0 radical (unpaired) electrons. The minimum Gasteiger partial charge on any atom is -0.375 e. The minimum atomic E-state index is -0.171. The number of benzene rings is 1. The van der Waals surface area contributed by atoms with Crippen molar-refractivity contribution in [2.75, 3.05) is 26.2 Å². The first-order valence-corrected chi connectivity index (χ1v) is 9.08. The van der Waals surface area contributed by atoms with Crippen LogP contribution in [0.25, 0.3) is 0 Å². The van der Waals surface area contributed by atoms with Crippen LogP contribution < -0.4 is 11.1 Å². The van der Waals surface area contributed by atoms with Crippen LogP contribution in [0.4, 0.5) is 0 Å². The Morgan fingerprint density at radius 2 is 2.04 bits per heavy atom. The van der Waals surface area contributed by atoms with Gasteiger partial charge in [0.15, 0.2) is 0 Å². The van der Waals surface area contributed by atoms with Gasteiger partial charge in [-0.05, 0) is 18.4 Å². The molecule has 24 heavy (non-hydrogen) atoms. The van der Waals surface area contributed by atoms with Crippen molar-refractivity contribution in [3.8, 4) is 0 Å². The molecule has 1 atom stereocenters. The maximum absolute atomic E-state index is 12.4. The fourth-order valence-corrected chi connectivity index (χ4v) is 3.87. The number of rotatable bonds is 6. The van der Waals surface area contributed by atoms with Gasteiger partial charge in [0.1, 0.15) is 0 Å². The van der Waals surface area contributed by atoms with E-state index in [0.717, 1.165) is 45.3 Å². The SMILES string of the molecule is NCC1(NC(=O)CC2CN(Cc3ccccc3)CCO2)CCCC1. The van der Waals surface area contributed by atoms with E-state index in [1.807, 2.05) is 6.07 Å². The number of nitrogens with one attached hydrogen (secondary N) is 1. The van der Waals surface area contributed by atoms with E-state index >= 15 is 0 Å². The van der Waals surface area contributed by atoms with Crippen molar-refractivity contribution < 1.29 is 9.53 Å². The number of nitrogens with zero attached hydrogens (tertiary/aromatic N) is 1. The lowest BCUT2D eigenvalue weighted by Crippen LogP contribution is -2.53. The Morgan fingerprint density at radius 1 is 1.29 bits per heavy atom. The van der Waals surface area contributed by atoms with Crippen molar-refractivity contribution >= 4 is 5.91 Å². The van der Waals surface area contributed by atoms with Crippen LogP contribution in [-0.4, -0.2) is 48.7 Å². The molecule has 1 aliphatic carbocycles. The highest BCUT2D eigenvalue weighted by atomic mass is 16.5. The summed E-state index contributed by atoms with van der Waals surface area (Å²) < 4.78 is 5.81. The summed E-state index contributed by atoms with van der Waals surface area (Å²) in [6, 6.07) is 10.4. The average molecular weight is 331 g/mol. The highest BCUT2D eigenvalue weighted by Crippen LogP contribution is 2.28. The number of hydrogen-bond acceptors (Lipinski definition) is 4. The third-order valence-electron chi connectivity index (χ3n) is 5.24. The molecule has 1 amide bonds. The van der Waals surface area contributed by atoms with Gasteiger partial charge in [-0.15, -0.1) is 0 Å². The molecule has 3 N–H and O–H groups in total. The lowest BCUT2D eigenvalue weighted by molar-refractivity contribution is -0.128. The standard InChI is InChI=1S/C19H29N3O2/c20-15-19(8-4-5-9-19)21-18(23)12-17-14-22(10-11-24-17)13-16-6-2-1-3-7-16/h1-3,6-7,17H,4-5,8-15,20H2,(H,21,23). The number of carbonyl (C=O) groups is 1. The van der Waals surface area contributed by atoms with Crippen molar-refractivity contribution in [2.45, 2.75) is 50.3 Å². The molecule has 5 heteroatoms. The third-order valence-corrected chi connectivity index (χ3v) is 5.24. The van der Waals surface area contributed by atoms with Gasteiger partial charge < -0.3 is 15.8 Å². The van der Waals surface area contributed by atoms with E-state index in [0.29, 0.717) is 19.6 Å². The molecule has 0 bridgehead atoms. The zero-order valence-electron chi connectivity index (χ0n) is 14.4. The number of carbonyl (C=O) groups excluding carboxylic acids is 1. The maximum atomic E-state index is 12.4. The quantitative estimate of drug-likeness (QED) is 0.832. The molecular formula is C19H29N3O2. The Hall–Kier alpha value is -1.43. The predicted octanol–water partition coefficient (Wildman–Crippen LogP) is 1.67. The van der Waals surface area contributed by atoms with Gasteiger partial charge in [-0.25, -0.2) is 0 Å². The number of amides is 1. The molecule has 1 unspecified atom stereocenters. The van der Waals surface area contributed by atoms with E-state index in [9.17, 15) is 4.79 Å². The van der Waals surface area contributed by atoms with Gasteiger partial charge in [-0.2, -0.15) is 0 Å². The monoisotopic (exact) mass is 331 g/mol. The van der Waals surface area contributed by atoms with Crippen LogP contribution >= 0.6 is 0 Å². The van der Waals surface area contributed by atoms with Gasteiger partial charge in [-0.3, -0.25) is 9.69 Å². The molecule has 132 valence electrons. The highest BCUT2D eigenvalue weighted by molar-refractivity contribution is 5.77. The van der Waals surface area contributed by atoms with Gasteiger partial charge in [-0.1, -0.05) is 43.2 Å². The Bertz CT molecular complexity index is 529. The van der Waals surface area contributed by atoms with Gasteiger partial charge in [0.25, 0.3) is 0 Å². The first kappa shape index (κ1) is 17.4. The van der Waals surface area contributed by atoms with Crippen LogP contribution in [0, 0.1) is 0 Å². The Labute approximate surface area is 144 Å². The molecule has 1 saturated carbocycles. The smallest absolute Gasteiger partial charge is 0.223 e. The van der Waals surface area contributed by atoms with Gasteiger partial charge in [0.2, 0.25) is 5.91 Å². The van der Waals surface area contributed by atoms with E-state index in [1.165, 1.54) is 5.56 Å². The van der Waals surface area contributed by atoms with E-state index in [1.54, 1.807) is 0 Å². The highest BCUT2D eigenvalue weighted by Gasteiger charge is 2.34. The summed E-state index contributed by atoms with van der Waals surface area (Å²) >= 11 is 0. The first-order valence-electron chi connectivity index (χ1n) is 9.08. The van der Waals surface area contributed by atoms with Crippen LogP contribution in [0.2, 0.25) is 0 Å². The summed E-state index contributed by atoms with van der Waals surface area (Å²) in [6.07, 6.45) is 4.71. The largest absolute Gasteiger partial charge is 0.375 e. The second-order valence-electron chi connectivity index (χ2n) is 7.16. The van der Waals surface area contributed by atoms with Crippen LogP contribution in [0.15, 0.2) is 30.3 Å². The summed E-state index contributed by atoms with van der Waals surface area (Å²) in [4.78, 5) is 14.8. The molecule has 1 aliphatic heterocycles. The molecule has 1 heterocycles. The fraction of sp³-hybridized carbons (Fsp3) is 0.632. The summed E-state index contributed by atoms with van der Waals surface area (Å²) in [5.74, 6) is 0.0777. The summed E-state index contributed by atoms with van der Waals surface area (Å²) in [7, 11) is 0. The van der Waals surface area contributed by atoms with Crippen LogP contribution in [0.5, 0.6) is 0 Å². The average Bonchev–Trinajstić information content (AvgIpc) is 3.05. The zero-order valence-corrected chi connectivity index (χ0v) is 14.4. The Kier molecular flexibility index (Phi) is 5.87. The molecule has 2 fully saturated rings. The van der Waals surface area contributed by atoms with Crippen LogP contribution in [0.3, 0.4) is 0 Å². The predicted molar refractivity (Wildman–Crippen MR) is 94.5 cm³/mol. The number of hydrogen-bond donors (Lipinski definition) is 2. The van der Waals surface area contributed by atoms with Gasteiger partial charge in [0.05, 0.1) is 24.7 Å². The topological polar surface area (TPSA) is 67.6 Å². The van der Waals surface area contributed by atoms with Crippen molar-refractivity contribution in [2.24, 2.45) is 5.73 Å². The van der Waals surface area contributed by atoms with Crippen molar-refractivity contribution in [3.63, 3.8) is 0 Å². The zero-order chi connectivity index (χ0) is 16.8. The van der Waals surface area contributed by atoms with E-state index < -0.39 is 0 Å². The number of nitrogens with two attached hydrogens (primary N) is 1. The maximum Gasteiger partial charge on any atom is 0.223 e. The molecule has 1 aromatic rings. The Balaban J connectivity index is 1.49. The molecule has 0 aromatic heterocycles. The lowest BCUT2D eigenvalue weighted by Gasteiger charge is -2.34. The van der Waals surface area contributed by atoms with Gasteiger partial charge >= 0.3 is 0 Å². The summed E-state index contributed by atoms with van der Waals surface area (Å²) in [6.45, 7) is 3.85. The van der Waals surface area contributed by atoms with Crippen molar-refractivity contribution in [1.82, 2.24) is 10.2 Å². The lowest BCUT2D eigenvalue weighted by atomic mass is 9.97. The molecule has 2 aliphatic rings. The third kappa shape index (κ3) is 4.56. The van der Waals surface area contributed by atoms with E-state index in [-0.39, 0.29) is 17.6 Å². The van der Waals surface area contributed by atoms with Crippen LogP contribution in [0.1, 0.15) is 37.7 Å². The number of ether oxygens (including phenoxy) is 1. The van der Waals surface area contributed by atoms with E-state index in [2.05, 4.69) is 34.5 Å². The molecule has 5 nitrogen and oxygen atoms in total. The molecule has 1 saturated heterocycles. The van der Waals surface area contributed by atoms with E-state index in [4.69, 9.17) is 10.5 Å². The normalized spacial score (nSPS) is 24.0. The van der Waals surface area contributed by atoms with Crippen molar-refractivity contribution in [1.29, 1.82) is 0 Å². The van der Waals surface area contributed by atoms with Crippen molar-refractivity contribution in [3.05, 3.63) is 35.9 Å². The minimum absolute atomic E-state index is 0.0290. The second kappa shape index (κ2) is 8.10. The Morgan fingerprint density at radius 3 is 2.75 bits per heavy atom. The molecule has 3 rings (SSSR count). The first-order chi connectivity index (χ1) is 11.7. The second-order valence-corrected chi connectivity index (χ2v) is 7.16. The van der Waals surface area contributed by atoms with Crippen LogP contribution in [-0.2, 0) is 16.1 Å². The fourth-order valence-electron chi connectivity index (χ4n) is 3.87.